The maximum absolute atomic E-state index is 13.0. The van der Waals surface area contributed by atoms with Gasteiger partial charge in [-0.05, 0) is 30.2 Å². The fourth-order valence-electron chi connectivity index (χ4n) is 1.45. The zero-order valence-corrected chi connectivity index (χ0v) is 11.0. The Bertz CT molecular complexity index is 444. The van der Waals surface area contributed by atoms with Crippen molar-refractivity contribution >= 4 is 11.6 Å². The van der Waals surface area contributed by atoms with Crippen molar-refractivity contribution in [1.82, 2.24) is 0 Å². The molecular weight excluding hydrogens is 305 g/mol. The molecule has 1 aromatic rings. The second-order valence-corrected chi connectivity index (χ2v) is 4.68. The lowest BCUT2D eigenvalue weighted by atomic mass is 10.1. The minimum atomic E-state index is -4.21. The molecule has 2 N–H and O–H groups in total. The Morgan fingerprint density at radius 3 is 2.55 bits per heavy atom. The van der Waals surface area contributed by atoms with Gasteiger partial charge >= 0.3 is 12.3 Å². The van der Waals surface area contributed by atoms with Gasteiger partial charge in [0.05, 0.1) is 6.61 Å². The zero-order chi connectivity index (χ0) is 15.3. The molecule has 0 fully saturated rings. The van der Waals surface area contributed by atoms with E-state index in [0.29, 0.717) is 5.56 Å². The van der Waals surface area contributed by atoms with Crippen LogP contribution in [0.5, 0.6) is 0 Å². The van der Waals surface area contributed by atoms with Crippen LogP contribution in [0.2, 0.25) is 5.02 Å². The van der Waals surface area contributed by atoms with E-state index in [1.165, 1.54) is 6.07 Å². The maximum Gasteiger partial charge on any atom is 0.330 e. The van der Waals surface area contributed by atoms with Crippen molar-refractivity contribution in [3.05, 3.63) is 34.6 Å². The Labute approximate surface area is 117 Å². The number of alkyl halides is 4. The summed E-state index contributed by atoms with van der Waals surface area (Å²) in [4.78, 5) is 0. The molecule has 0 aliphatic carbocycles. The minimum absolute atomic E-state index is 0.0802. The van der Waals surface area contributed by atoms with Crippen molar-refractivity contribution in [1.29, 1.82) is 0 Å². The van der Waals surface area contributed by atoms with Crippen molar-refractivity contribution in [3.8, 4) is 0 Å². The quantitative estimate of drug-likeness (QED) is 0.783. The molecule has 0 bridgehead atoms. The van der Waals surface area contributed by atoms with Gasteiger partial charge in [-0.1, -0.05) is 11.6 Å². The van der Waals surface area contributed by atoms with Crippen LogP contribution in [0, 0.1) is 5.82 Å². The molecule has 2 nitrogen and oxygen atoms in total. The lowest BCUT2D eigenvalue weighted by molar-refractivity contribution is -0.166. The first-order chi connectivity index (χ1) is 9.22. The molecule has 0 aromatic heterocycles. The Morgan fingerprint density at radius 2 is 1.95 bits per heavy atom. The second kappa shape index (κ2) is 7.19. The number of hydrogen-bond donors (Lipinski definition) is 1. The van der Waals surface area contributed by atoms with Crippen molar-refractivity contribution < 1.29 is 26.7 Å². The Hall–Kier alpha value is -0.920. The summed E-state index contributed by atoms with van der Waals surface area (Å²) >= 11 is 5.81. The number of ether oxygens (including phenoxy) is 1. The number of halogens is 6. The van der Waals surface area contributed by atoms with Crippen LogP contribution in [0.3, 0.4) is 0 Å². The highest BCUT2D eigenvalue weighted by Crippen LogP contribution is 2.23. The smallest absolute Gasteiger partial charge is 0.330 e. The minimum Gasteiger partial charge on any atom is -0.373 e. The van der Waals surface area contributed by atoms with Gasteiger partial charge in [-0.25, -0.2) is 13.2 Å². The maximum atomic E-state index is 13.0. The molecule has 0 saturated carbocycles. The summed E-state index contributed by atoms with van der Waals surface area (Å²) in [6.07, 6.45) is -3.71. The molecule has 0 aliphatic heterocycles. The number of rotatable bonds is 7. The molecule has 0 spiro atoms. The Kier molecular flexibility index (Phi) is 6.16. The summed E-state index contributed by atoms with van der Waals surface area (Å²) in [5.74, 6) is -4.72. The van der Waals surface area contributed by atoms with Gasteiger partial charge < -0.3 is 10.5 Å². The predicted octanol–water partition coefficient (Wildman–Crippen LogP) is 3.27. The predicted molar refractivity (Wildman–Crippen MR) is 64.9 cm³/mol. The van der Waals surface area contributed by atoms with Gasteiger partial charge in [0.25, 0.3) is 0 Å². The van der Waals surface area contributed by atoms with Crippen molar-refractivity contribution in [2.75, 3.05) is 13.2 Å². The van der Waals surface area contributed by atoms with Gasteiger partial charge in [0.15, 0.2) is 0 Å². The summed E-state index contributed by atoms with van der Waals surface area (Å²) in [6, 6.07) is 2.90. The average molecular weight is 318 g/mol. The average Bonchev–Trinajstić information content (AvgIpc) is 2.33. The van der Waals surface area contributed by atoms with Gasteiger partial charge in [-0.3, -0.25) is 0 Å². The van der Waals surface area contributed by atoms with Gasteiger partial charge in [0, 0.05) is 11.1 Å². The summed E-state index contributed by atoms with van der Waals surface area (Å²) in [5, 5.41) is 0.278. The van der Waals surface area contributed by atoms with Crippen LogP contribution in [-0.2, 0) is 11.2 Å². The van der Waals surface area contributed by atoms with Crippen LogP contribution >= 0.6 is 11.6 Å². The number of benzene rings is 1. The van der Waals surface area contributed by atoms with Gasteiger partial charge in [-0.2, -0.15) is 8.78 Å². The van der Waals surface area contributed by atoms with E-state index in [0.717, 1.165) is 12.1 Å². The van der Waals surface area contributed by atoms with Crippen molar-refractivity contribution in [3.63, 3.8) is 0 Å². The molecule has 8 heteroatoms. The van der Waals surface area contributed by atoms with Crippen LogP contribution in [-0.4, -0.2) is 31.6 Å². The molecule has 1 atom stereocenters. The highest BCUT2D eigenvalue weighted by molar-refractivity contribution is 6.31. The third-order valence-electron chi connectivity index (χ3n) is 2.44. The molecule has 0 aliphatic rings. The summed E-state index contributed by atoms with van der Waals surface area (Å²) in [5.41, 5.74) is 5.98. The lowest BCUT2D eigenvalue weighted by Gasteiger charge is -2.18. The van der Waals surface area contributed by atoms with Crippen LogP contribution in [0.15, 0.2) is 18.2 Å². The van der Waals surface area contributed by atoms with Crippen LogP contribution in [0.4, 0.5) is 22.0 Å². The molecule has 0 amide bonds. The fraction of sp³-hybridized carbons (Fsp3) is 0.500. The summed E-state index contributed by atoms with van der Waals surface area (Å²) < 4.78 is 66.3. The Morgan fingerprint density at radius 1 is 1.30 bits per heavy atom. The highest BCUT2D eigenvalue weighted by atomic mass is 35.5. The van der Waals surface area contributed by atoms with Crippen LogP contribution < -0.4 is 5.73 Å². The molecule has 0 saturated heterocycles. The SMILES string of the molecule is NC(COCC(F)(F)C(F)F)Cc1cc(F)ccc1Cl. The lowest BCUT2D eigenvalue weighted by Crippen LogP contribution is -2.36. The zero-order valence-electron chi connectivity index (χ0n) is 10.3. The van der Waals surface area contributed by atoms with E-state index >= 15 is 0 Å². The van der Waals surface area contributed by atoms with Crippen molar-refractivity contribution in [2.45, 2.75) is 24.8 Å². The third kappa shape index (κ3) is 5.22. The first kappa shape index (κ1) is 17.1. The van der Waals surface area contributed by atoms with E-state index in [1.54, 1.807) is 0 Å². The first-order valence-corrected chi connectivity index (χ1v) is 6.03. The molecule has 0 heterocycles. The molecular formula is C12H13ClF5NO. The topological polar surface area (TPSA) is 35.2 Å². The van der Waals surface area contributed by atoms with E-state index in [-0.39, 0.29) is 18.1 Å². The number of hydrogen-bond acceptors (Lipinski definition) is 2. The van der Waals surface area contributed by atoms with Crippen molar-refractivity contribution in [2.24, 2.45) is 5.73 Å². The van der Waals surface area contributed by atoms with Gasteiger partial charge in [-0.15, -0.1) is 0 Å². The second-order valence-electron chi connectivity index (χ2n) is 4.28. The normalized spacial score (nSPS) is 13.8. The largest absolute Gasteiger partial charge is 0.373 e. The molecule has 114 valence electrons. The highest BCUT2D eigenvalue weighted by Gasteiger charge is 2.41. The Balaban J connectivity index is 2.44. The fourth-order valence-corrected chi connectivity index (χ4v) is 1.65. The van der Waals surface area contributed by atoms with Crippen LogP contribution in [0.1, 0.15) is 5.56 Å². The van der Waals surface area contributed by atoms with Gasteiger partial charge in [0.1, 0.15) is 12.4 Å². The molecule has 20 heavy (non-hydrogen) atoms. The van der Waals surface area contributed by atoms with E-state index in [4.69, 9.17) is 17.3 Å². The molecule has 0 radical (unpaired) electrons. The van der Waals surface area contributed by atoms with Crippen LogP contribution in [0.25, 0.3) is 0 Å². The monoisotopic (exact) mass is 317 g/mol. The van der Waals surface area contributed by atoms with E-state index in [9.17, 15) is 22.0 Å². The van der Waals surface area contributed by atoms with Gasteiger partial charge in [0.2, 0.25) is 0 Å². The van der Waals surface area contributed by atoms with E-state index < -0.39 is 30.8 Å². The number of nitrogens with two attached hydrogens (primary N) is 1. The summed E-state index contributed by atoms with van der Waals surface area (Å²) in [7, 11) is 0. The molecule has 1 aromatic carbocycles. The first-order valence-electron chi connectivity index (χ1n) is 5.65. The molecule has 1 unspecified atom stereocenters. The standard InChI is InChI=1S/C12H13ClF5NO/c13-10-2-1-8(14)3-7(10)4-9(19)5-20-6-12(17,18)11(15)16/h1-3,9,11H,4-6,19H2. The molecule has 1 rings (SSSR count). The van der Waals surface area contributed by atoms with E-state index in [1.807, 2.05) is 0 Å². The van der Waals surface area contributed by atoms with E-state index in [2.05, 4.69) is 4.74 Å². The third-order valence-corrected chi connectivity index (χ3v) is 2.80. The summed E-state index contributed by atoms with van der Waals surface area (Å²) in [6.45, 7) is -1.79.